The van der Waals surface area contributed by atoms with E-state index in [4.69, 9.17) is 9.40 Å². The summed E-state index contributed by atoms with van der Waals surface area (Å²) in [4.78, 5) is 34.3. The lowest BCUT2D eigenvalue weighted by Gasteiger charge is -2.08. The highest BCUT2D eigenvalue weighted by Gasteiger charge is 2.16. The van der Waals surface area contributed by atoms with E-state index in [9.17, 15) is 9.59 Å². The van der Waals surface area contributed by atoms with Crippen LogP contribution in [0.4, 0.5) is 0 Å². The van der Waals surface area contributed by atoms with E-state index in [0.717, 1.165) is 22.2 Å². The molecule has 0 radical (unpaired) electrons. The number of para-hydroxylation sites is 2. The van der Waals surface area contributed by atoms with Crippen LogP contribution in [0.1, 0.15) is 10.4 Å². The summed E-state index contributed by atoms with van der Waals surface area (Å²) < 4.78 is 5.28. The van der Waals surface area contributed by atoms with Crippen LogP contribution in [0.5, 0.6) is 0 Å². The molecule has 0 N–H and O–H groups in total. The van der Waals surface area contributed by atoms with Crippen molar-refractivity contribution in [3.8, 4) is 11.3 Å². The van der Waals surface area contributed by atoms with E-state index in [2.05, 4.69) is 4.98 Å². The van der Waals surface area contributed by atoms with Crippen molar-refractivity contribution in [2.24, 2.45) is 0 Å². The Hall–Kier alpha value is -3.77. The van der Waals surface area contributed by atoms with E-state index in [1.165, 1.54) is 11.8 Å². The number of hydrogen-bond acceptors (Lipinski definition) is 6. The van der Waals surface area contributed by atoms with Crippen LogP contribution in [-0.4, -0.2) is 21.5 Å². The van der Waals surface area contributed by atoms with Gasteiger partial charge in [-0.1, -0.05) is 78.5 Å². The maximum Gasteiger partial charge on any atom is 0.347 e. The average Bonchev–Trinajstić information content (AvgIpc) is 2.82. The first-order valence-electron chi connectivity index (χ1n) is 9.70. The summed E-state index contributed by atoms with van der Waals surface area (Å²) in [6, 6.07) is 26.4. The van der Waals surface area contributed by atoms with E-state index < -0.39 is 5.63 Å². The van der Waals surface area contributed by atoms with Gasteiger partial charge in [0.05, 0.1) is 17.0 Å². The Balaban J connectivity index is 1.47. The standard InChI is InChI=1S/C25H16N2O3S/c28-21(19-14-17-10-4-7-13-22(17)30-24(19)29)15-31-25-26-20-12-6-5-11-18(20)23(27-25)16-8-2-1-3-9-16/h1-14H,15H2. The summed E-state index contributed by atoms with van der Waals surface area (Å²) in [7, 11) is 0. The van der Waals surface area contributed by atoms with Gasteiger partial charge in [-0.3, -0.25) is 4.79 Å². The van der Waals surface area contributed by atoms with Gasteiger partial charge in [0, 0.05) is 16.3 Å². The second kappa shape index (κ2) is 8.16. The Morgan fingerprint density at radius 2 is 1.61 bits per heavy atom. The second-order valence-corrected chi connectivity index (χ2v) is 7.88. The predicted molar refractivity (Wildman–Crippen MR) is 123 cm³/mol. The molecule has 5 nitrogen and oxygen atoms in total. The number of fused-ring (bicyclic) bond motifs is 2. The van der Waals surface area contributed by atoms with Gasteiger partial charge in [0.1, 0.15) is 11.1 Å². The number of aromatic nitrogens is 2. The first-order chi connectivity index (χ1) is 15.2. The smallest absolute Gasteiger partial charge is 0.347 e. The van der Waals surface area contributed by atoms with Crippen LogP contribution in [0.2, 0.25) is 0 Å². The van der Waals surface area contributed by atoms with Gasteiger partial charge >= 0.3 is 5.63 Å². The molecular weight excluding hydrogens is 408 g/mol. The molecule has 5 rings (SSSR count). The molecule has 0 aliphatic heterocycles. The SMILES string of the molecule is O=C(CSc1nc(-c2ccccc2)c2ccccc2n1)c1cc2ccccc2oc1=O. The number of carbonyl (C=O) groups excluding carboxylic acids is 1. The number of benzene rings is 3. The fourth-order valence-corrected chi connectivity index (χ4v) is 4.13. The molecule has 0 spiro atoms. The van der Waals surface area contributed by atoms with Crippen LogP contribution in [0.15, 0.2) is 99.3 Å². The van der Waals surface area contributed by atoms with Gasteiger partial charge < -0.3 is 4.42 Å². The molecule has 0 aliphatic rings. The van der Waals surface area contributed by atoms with E-state index in [1.54, 1.807) is 24.3 Å². The van der Waals surface area contributed by atoms with Gasteiger partial charge in [-0.05, 0) is 18.2 Å². The topological polar surface area (TPSA) is 73.1 Å². The van der Waals surface area contributed by atoms with E-state index in [0.29, 0.717) is 16.1 Å². The molecule has 0 amide bonds. The van der Waals surface area contributed by atoms with Crippen LogP contribution in [0.3, 0.4) is 0 Å². The van der Waals surface area contributed by atoms with E-state index >= 15 is 0 Å². The number of nitrogens with zero attached hydrogens (tertiary/aromatic N) is 2. The number of carbonyl (C=O) groups is 1. The zero-order chi connectivity index (χ0) is 21.2. The minimum atomic E-state index is -0.631. The summed E-state index contributed by atoms with van der Waals surface area (Å²) in [6.45, 7) is 0. The monoisotopic (exact) mass is 424 g/mol. The third-order valence-corrected chi connectivity index (χ3v) is 5.75. The van der Waals surface area contributed by atoms with Crippen molar-refractivity contribution >= 4 is 39.4 Å². The van der Waals surface area contributed by atoms with Crippen LogP contribution < -0.4 is 5.63 Å². The molecule has 2 aromatic heterocycles. The molecule has 3 aromatic carbocycles. The molecule has 5 aromatic rings. The van der Waals surface area contributed by atoms with Crippen LogP contribution >= 0.6 is 11.8 Å². The van der Waals surface area contributed by atoms with E-state index in [1.807, 2.05) is 60.7 Å². The average molecular weight is 424 g/mol. The first kappa shape index (κ1) is 19.2. The Bertz CT molecular complexity index is 1480. The van der Waals surface area contributed by atoms with Gasteiger partial charge in [0.25, 0.3) is 0 Å². The number of ketones is 1. The van der Waals surface area contributed by atoms with Gasteiger partial charge in [0.2, 0.25) is 0 Å². The van der Waals surface area contributed by atoms with Crippen LogP contribution in [-0.2, 0) is 0 Å². The molecule has 150 valence electrons. The normalized spacial score (nSPS) is 11.1. The zero-order valence-corrected chi connectivity index (χ0v) is 17.1. The summed E-state index contributed by atoms with van der Waals surface area (Å²) >= 11 is 1.21. The van der Waals surface area contributed by atoms with Crippen molar-refractivity contribution in [3.63, 3.8) is 0 Å². The lowest BCUT2D eigenvalue weighted by Crippen LogP contribution is -2.15. The highest BCUT2D eigenvalue weighted by Crippen LogP contribution is 2.28. The summed E-state index contributed by atoms with van der Waals surface area (Å²) in [5, 5.41) is 2.14. The van der Waals surface area contributed by atoms with Gasteiger partial charge in [-0.25, -0.2) is 14.8 Å². The molecule has 0 bridgehead atoms. The summed E-state index contributed by atoms with van der Waals surface area (Å²) in [5.74, 6) is -0.280. The largest absolute Gasteiger partial charge is 0.422 e. The van der Waals surface area contributed by atoms with Gasteiger partial charge in [-0.2, -0.15) is 0 Å². The molecular formula is C25H16N2O3S. The lowest BCUT2D eigenvalue weighted by molar-refractivity contribution is 0.101. The lowest BCUT2D eigenvalue weighted by atomic mass is 10.1. The predicted octanol–water partition coefficient (Wildman–Crippen LogP) is 5.38. The van der Waals surface area contributed by atoms with Crippen molar-refractivity contribution in [2.45, 2.75) is 5.16 Å². The molecule has 0 atom stereocenters. The fraction of sp³-hybridized carbons (Fsp3) is 0.0400. The first-order valence-corrected chi connectivity index (χ1v) is 10.7. The molecule has 31 heavy (non-hydrogen) atoms. The number of Topliss-reactive ketones (excluding diaryl/α,β-unsaturated/α-hetero) is 1. The van der Waals surface area contributed by atoms with Crippen molar-refractivity contribution in [3.05, 3.63) is 101 Å². The van der Waals surface area contributed by atoms with Crippen LogP contribution in [0.25, 0.3) is 33.1 Å². The molecule has 0 aliphatic carbocycles. The number of rotatable bonds is 5. The molecule has 2 heterocycles. The highest BCUT2D eigenvalue weighted by molar-refractivity contribution is 7.99. The summed E-state index contributed by atoms with van der Waals surface area (Å²) in [5.41, 5.74) is 2.46. The van der Waals surface area contributed by atoms with Crippen molar-refractivity contribution in [1.82, 2.24) is 9.97 Å². The Morgan fingerprint density at radius 3 is 2.48 bits per heavy atom. The third kappa shape index (κ3) is 3.85. The maximum absolute atomic E-state index is 12.8. The molecule has 6 heteroatoms. The fourth-order valence-electron chi connectivity index (χ4n) is 3.40. The highest BCUT2D eigenvalue weighted by atomic mass is 32.2. The summed E-state index contributed by atoms with van der Waals surface area (Å²) in [6.07, 6.45) is 0. The third-order valence-electron chi connectivity index (χ3n) is 4.90. The minimum absolute atomic E-state index is 0.0373. The number of thioether (sulfide) groups is 1. The second-order valence-electron chi connectivity index (χ2n) is 6.94. The Kier molecular flexibility index (Phi) is 5.06. The number of hydrogen-bond donors (Lipinski definition) is 0. The van der Waals surface area contributed by atoms with Crippen molar-refractivity contribution in [2.75, 3.05) is 5.75 Å². The molecule has 0 fully saturated rings. The molecule has 0 saturated carbocycles. The van der Waals surface area contributed by atoms with E-state index in [-0.39, 0.29) is 17.1 Å². The maximum atomic E-state index is 12.8. The Morgan fingerprint density at radius 1 is 0.871 bits per heavy atom. The molecule has 0 saturated heterocycles. The molecule has 0 unspecified atom stereocenters. The minimum Gasteiger partial charge on any atom is -0.422 e. The Labute approximate surface area is 181 Å². The van der Waals surface area contributed by atoms with Gasteiger partial charge in [-0.15, -0.1) is 0 Å². The van der Waals surface area contributed by atoms with Crippen molar-refractivity contribution < 1.29 is 9.21 Å². The van der Waals surface area contributed by atoms with Crippen molar-refractivity contribution in [1.29, 1.82) is 0 Å². The van der Waals surface area contributed by atoms with Crippen LogP contribution in [0, 0.1) is 0 Å². The quantitative estimate of drug-likeness (QED) is 0.163. The zero-order valence-electron chi connectivity index (χ0n) is 16.3. The van der Waals surface area contributed by atoms with Gasteiger partial charge in [0.15, 0.2) is 10.9 Å².